The van der Waals surface area contributed by atoms with Crippen LogP contribution in [-0.2, 0) is 10.8 Å². The van der Waals surface area contributed by atoms with Crippen molar-refractivity contribution in [3.05, 3.63) is 30.1 Å². The smallest absolute Gasteiger partial charge is 0.123 e. The van der Waals surface area contributed by atoms with Gasteiger partial charge in [0.25, 0.3) is 0 Å². The lowest BCUT2D eigenvalue weighted by Gasteiger charge is -2.06. The van der Waals surface area contributed by atoms with Gasteiger partial charge >= 0.3 is 0 Å². The largest absolute Gasteiger partial charge is 0.392 e. The zero-order chi connectivity index (χ0) is 10.6. The predicted octanol–water partition coefficient (Wildman–Crippen LogP) is 1.70. The van der Waals surface area contributed by atoms with Gasteiger partial charge in [-0.25, -0.2) is 4.39 Å². The number of aliphatic hydroxyl groups excluding tert-OH is 1. The average molecular weight is 216 g/mol. The first-order valence-corrected chi connectivity index (χ1v) is 5.77. The highest BCUT2D eigenvalue weighted by Gasteiger charge is 2.09. The Morgan fingerprint density at radius 3 is 2.50 bits per heavy atom. The van der Waals surface area contributed by atoms with Crippen LogP contribution >= 0.6 is 0 Å². The van der Waals surface area contributed by atoms with E-state index in [1.165, 1.54) is 24.3 Å². The lowest BCUT2D eigenvalue weighted by atomic mass is 10.3. The van der Waals surface area contributed by atoms with Crippen LogP contribution < -0.4 is 0 Å². The van der Waals surface area contributed by atoms with Gasteiger partial charge in [-0.3, -0.25) is 4.21 Å². The fraction of sp³-hybridized carbons (Fsp3) is 0.400. The summed E-state index contributed by atoms with van der Waals surface area (Å²) in [4.78, 5) is 0.555. The van der Waals surface area contributed by atoms with Gasteiger partial charge in [-0.05, 0) is 30.7 Å². The standard InChI is InChI=1S/C10H13FO2S/c1-2-9(12)7-14(13)10-5-3-8(11)4-6-10/h3-6,9,12H,2,7H2,1H3. The van der Waals surface area contributed by atoms with E-state index in [1.807, 2.05) is 6.92 Å². The van der Waals surface area contributed by atoms with Crippen molar-refractivity contribution in [3.63, 3.8) is 0 Å². The molecule has 0 fully saturated rings. The molecule has 0 aliphatic rings. The number of rotatable bonds is 4. The predicted molar refractivity (Wildman–Crippen MR) is 54.0 cm³/mol. The fourth-order valence-corrected chi connectivity index (χ4v) is 2.19. The van der Waals surface area contributed by atoms with E-state index >= 15 is 0 Å². The first-order valence-electron chi connectivity index (χ1n) is 4.45. The quantitative estimate of drug-likeness (QED) is 0.831. The summed E-state index contributed by atoms with van der Waals surface area (Å²) < 4.78 is 24.1. The van der Waals surface area contributed by atoms with Crippen molar-refractivity contribution < 1.29 is 13.7 Å². The molecule has 1 aromatic rings. The van der Waals surface area contributed by atoms with E-state index in [-0.39, 0.29) is 11.6 Å². The molecule has 0 heterocycles. The molecule has 0 spiro atoms. The zero-order valence-electron chi connectivity index (χ0n) is 7.94. The molecule has 0 aromatic heterocycles. The SMILES string of the molecule is CCC(O)CS(=O)c1ccc(F)cc1. The van der Waals surface area contributed by atoms with Gasteiger partial charge in [-0.1, -0.05) is 6.92 Å². The van der Waals surface area contributed by atoms with Crippen LogP contribution in [0.2, 0.25) is 0 Å². The van der Waals surface area contributed by atoms with E-state index in [0.29, 0.717) is 11.3 Å². The van der Waals surface area contributed by atoms with E-state index in [9.17, 15) is 13.7 Å². The Morgan fingerprint density at radius 1 is 1.43 bits per heavy atom. The number of aliphatic hydroxyl groups is 1. The van der Waals surface area contributed by atoms with E-state index in [1.54, 1.807) is 0 Å². The minimum Gasteiger partial charge on any atom is -0.392 e. The van der Waals surface area contributed by atoms with Crippen LogP contribution in [0, 0.1) is 5.82 Å². The first kappa shape index (κ1) is 11.3. The highest BCUT2D eigenvalue weighted by Crippen LogP contribution is 2.09. The molecule has 1 N–H and O–H groups in total. The highest BCUT2D eigenvalue weighted by molar-refractivity contribution is 7.85. The third kappa shape index (κ3) is 3.20. The molecule has 4 heteroatoms. The summed E-state index contributed by atoms with van der Waals surface area (Å²) in [6.45, 7) is 1.83. The average Bonchev–Trinajstić information content (AvgIpc) is 2.18. The molecule has 0 aliphatic heterocycles. The van der Waals surface area contributed by atoms with Gasteiger partial charge in [-0.2, -0.15) is 0 Å². The van der Waals surface area contributed by atoms with Crippen LogP contribution in [0.4, 0.5) is 4.39 Å². The van der Waals surface area contributed by atoms with Crippen molar-refractivity contribution in [1.82, 2.24) is 0 Å². The molecule has 0 saturated heterocycles. The third-order valence-electron chi connectivity index (χ3n) is 1.89. The number of hydrogen-bond acceptors (Lipinski definition) is 2. The number of halogens is 1. The van der Waals surface area contributed by atoms with Crippen LogP contribution in [0.3, 0.4) is 0 Å². The number of hydrogen-bond donors (Lipinski definition) is 1. The van der Waals surface area contributed by atoms with Gasteiger partial charge in [0.15, 0.2) is 0 Å². The summed E-state index contributed by atoms with van der Waals surface area (Å²) in [5.74, 6) is -0.135. The van der Waals surface area contributed by atoms with Gasteiger partial charge in [0.05, 0.1) is 22.7 Å². The lowest BCUT2D eigenvalue weighted by molar-refractivity contribution is 0.194. The maximum Gasteiger partial charge on any atom is 0.123 e. The Labute approximate surface area is 85.2 Å². The number of benzene rings is 1. The fourth-order valence-electron chi connectivity index (χ4n) is 0.975. The summed E-state index contributed by atoms with van der Waals surface area (Å²) in [6.07, 6.45) is 0.0216. The molecule has 0 aliphatic carbocycles. The molecule has 1 aromatic carbocycles. The molecule has 78 valence electrons. The van der Waals surface area contributed by atoms with Crippen LogP contribution in [0.25, 0.3) is 0 Å². The summed E-state index contributed by atoms with van der Waals surface area (Å²) >= 11 is 0. The van der Waals surface area contributed by atoms with Crippen LogP contribution in [0.1, 0.15) is 13.3 Å². The third-order valence-corrected chi connectivity index (χ3v) is 3.38. The van der Waals surface area contributed by atoms with E-state index < -0.39 is 16.9 Å². The van der Waals surface area contributed by atoms with Gasteiger partial charge < -0.3 is 5.11 Å². The van der Waals surface area contributed by atoms with Crippen molar-refractivity contribution in [3.8, 4) is 0 Å². The zero-order valence-corrected chi connectivity index (χ0v) is 8.76. The summed E-state index contributed by atoms with van der Waals surface area (Å²) in [5.41, 5.74) is 0. The van der Waals surface area contributed by atoms with E-state index in [2.05, 4.69) is 0 Å². The molecular weight excluding hydrogens is 203 g/mol. The first-order chi connectivity index (χ1) is 6.63. The van der Waals surface area contributed by atoms with Crippen molar-refractivity contribution in [2.24, 2.45) is 0 Å². The molecule has 2 atom stereocenters. The van der Waals surface area contributed by atoms with Gasteiger partial charge in [0, 0.05) is 4.90 Å². The monoisotopic (exact) mass is 216 g/mol. The minimum atomic E-state index is -1.24. The minimum absolute atomic E-state index is 0.210. The van der Waals surface area contributed by atoms with Crippen molar-refractivity contribution in [2.45, 2.75) is 24.3 Å². The van der Waals surface area contributed by atoms with Crippen LogP contribution in [-0.4, -0.2) is 21.2 Å². The topological polar surface area (TPSA) is 37.3 Å². The van der Waals surface area contributed by atoms with E-state index in [4.69, 9.17) is 0 Å². The molecule has 0 saturated carbocycles. The second kappa shape index (κ2) is 5.22. The van der Waals surface area contributed by atoms with Crippen molar-refractivity contribution in [1.29, 1.82) is 0 Å². The van der Waals surface area contributed by atoms with Crippen LogP contribution in [0.15, 0.2) is 29.2 Å². The summed E-state index contributed by atoms with van der Waals surface area (Å²) in [5, 5.41) is 9.28. The second-order valence-electron chi connectivity index (χ2n) is 3.03. The van der Waals surface area contributed by atoms with Crippen molar-refractivity contribution in [2.75, 3.05) is 5.75 Å². The normalized spacial score (nSPS) is 15.1. The van der Waals surface area contributed by atoms with Crippen LogP contribution in [0.5, 0.6) is 0 Å². The Bertz CT molecular complexity index is 310. The summed E-state index contributed by atoms with van der Waals surface area (Å²) in [7, 11) is -1.24. The molecule has 2 nitrogen and oxygen atoms in total. The molecule has 0 amide bonds. The molecule has 0 bridgehead atoms. The molecule has 14 heavy (non-hydrogen) atoms. The summed E-state index contributed by atoms with van der Waals surface area (Å²) in [6, 6.07) is 5.50. The Kier molecular flexibility index (Phi) is 4.22. The second-order valence-corrected chi connectivity index (χ2v) is 4.52. The Balaban J connectivity index is 2.65. The van der Waals surface area contributed by atoms with Gasteiger partial charge in [-0.15, -0.1) is 0 Å². The van der Waals surface area contributed by atoms with E-state index in [0.717, 1.165) is 0 Å². The maximum absolute atomic E-state index is 12.5. The van der Waals surface area contributed by atoms with Gasteiger partial charge in [0.2, 0.25) is 0 Å². The highest BCUT2D eigenvalue weighted by atomic mass is 32.2. The maximum atomic E-state index is 12.5. The molecule has 1 rings (SSSR count). The molecule has 0 radical (unpaired) electrons. The Hall–Kier alpha value is -0.740. The molecule has 2 unspecified atom stereocenters. The lowest BCUT2D eigenvalue weighted by Crippen LogP contribution is -2.15. The van der Waals surface area contributed by atoms with Crippen molar-refractivity contribution >= 4 is 10.8 Å². The molecular formula is C10H13FO2S. The Morgan fingerprint density at radius 2 is 2.00 bits per heavy atom. The van der Waals surface area contributed by atoms with Gasteiger partial charge in [0.1, 0.15) is 5.82 Å².